The van der Waals surface area contributed by atoms with Gasteiger partial charge in [-0.3, -0.25) is 14.9 Å². The lowest BCUT2D eigenvalue weighted by Gasteiger charge is -2.07. The molecule has 1 aromatic carbocycles. The van der Waals surface area contributed by atoms with Gasteiger partial charge in [-0.2, -0.15) is 0 Å². The molecule has 0 saturated carbocycles. The van der Waals surface area contributed by atoms with Crippen molar-refractivity contribution in [2.24, 2.45) is 0 Å². The summed E-state index contributed by atoms with van der Waals surface area (Å²) in [6.45, 7) is 0. The fourth-order valence-electron chi connectivity index (χ4n) is 1.56. The lowest BCUT2D eigenvalue weighted by Crippen LogP contribution is -2.30. The Morgan fingerprint density at radius 3 is 2.25 bits per heavy atom. The van der Waals surface area contributed by atoms with Crippen molar-refractivity contribution in [2.45, 2.75) is 16.6 Å². The molecule has 5 nitrogen and oxygen atoms in total. The van der Waals surface area contributed by atoms with E-state index in [0.29, 0.717) is 0 Å². The Labute approximate surface area is 92.4 Å². The van der Waals surface area contributed by atoms with Crippen molar-refractivity contribution in [3.05, 3.63) is 30.3 Å². The van der Waals surface area contributed by atoms with Gasteiger partial charge in [-0.1, -0.05) is 18.2 Å². The molecule has 0 spiro atoms. The molecule has 1 heterocycles. The summed E-state index contributed by atoms with van der Waals surface area (Å²) in [6, 6.07) is 7.64. The van der Waals surface area contributed by atoms with Crippen LogP contribution in [0.25, 0.3) is 0 Å². The minimum atomic E-state index is -3.75. The molecule has 1 unspecified atom stereocenters. The zero-order chi connectivity index (χ0) is 11.8. The lowest BCUT2D eigenvalue weighted by molar-refractivity contribution is -0.124. The maximum absolute atomic E-state index is 12.0. The van der Waals surface area contributed by atoms with Crippen LogP contribution in [0.2, 0.25) is 0 Å². The van der Waals surface area contributed by atoms with Crippen molar-refractivity contribution in [3.63, 3.8) is 0 Å². The predicted octanol–water partition coefficient (Wildman–Crippen LogP) is -0.125. The van der Waals surface area contributed by atoms with E-state index < -0.39 is 26.9 Å². The highest BCUT2D eigenvalue weighted by atomic mass is 32.2. The van der Waals surface area contributed by atoms with Crippen LogP contribution in [0.1, 0.15) is 6.42 Å². The average Bonchev–Trinajstić information content (AvgIpc) is 2.60. The van der Waals surface area contributed by atoms with Gasteiger partial charge in [-0.25, -0.2) is 8.42 Å². The average molecular weight is 239 g/mol. The maximum Gasteiger partial charge on any atom is 0.245 e. The van der Waals surface area contributed by atoms with Crippen LogP contribution < -0.4 is 5.32 Å². The Kier molecular flexibility index (Phi) is 2.51. The van der Waals surface area contributed by atoms with E-state index in [2.05, 4.69) is 0 Å². The van der Waals surface area contributed by atoms with Crippen LogP contribution in [0.5, 0.6) is 0 Å². The number of sulfone groups is 1. The molecule has 2 amide bonds. The summed E-state index contributed by atoms with van der Waals surface area (Å²) in [6.07, 6.45) is -0.296. The summed E-state index contributed by atoms with van der Waals surface area (Å²) in [4.78, 5) is 22.3. The second-order valence-electron chi connectivity index (χ2n) is 3.46. The highest BCUT2D eigenvalue weighted by molar-refractivity contribution is 7.92. The summed E-state index contributed by atoms with van der Waals surface area (Å²) >= 11 is 0. The molecular formula is C10H9NO4S. The summed E-state index contributed by atoms with van der Waals surface area (Å²) in [5.74, 6) is -1.29. The molecule has 1 N–H and O–H groups in total. The third-order valence-corrected chi connectivity index (χ3v) is 4.43. The van der Waals surface area contributed by atoms with E-state index in [1.165, 1.54) is 12.1 Å². The van der Waals surface area contributed by atoms with E-state index in [0.717, 1.165) is 0 Å². The van der Waals surface area contributed by atoms with Crippen LogP contribution in [0.4, 0.5) is 0 Å². The Morgan fingerprint density at radius 1 is 1.12 bits per heavy atom. The van der Waals surface area contributed by atoms with E-state index in [9.17, 15) is 18.0 Å². The first-order valence-corrected chi connectivity index (χ1v) is 6.19. The quantitative estimate of drug-likeness (QED) is 0.729. The third-order valence-electron chi connectivity index (χ3n) is 2.37. The monoisotopic (exact) mass is 239 g/mol. The smallest absolute Gasteiger partial charge is 0.245 e. The minimum absolute atomic E-state index is 0.0600. The van der Waals surface area contributed by atoms with E-state index in [1.54, 1.807) is 18.2 Å². The summed E-state index contributed by atoms with van der Waals surface area (Å²) in [5, 5.41) is 0.696. The molecule has 0 bridgehead atoms. The maximum atomic E-state index is 12.0. The van der Waals surface area contributed by atoms with Gasteiger partial charge >= 0.3 is 0 Å². The number of benzene rings is 1. The third kappa shape index (κ3) is 1.71. The van der Waals surface area contributed by atoms with Gasteiger partial charge in [0.15, 0.2) is 15.1 Å². The van der Waals surface area contributed by atoms with Gasteiger partial charge in [0.2, 0.25) is 11.8 Å². The van der Waals surface area contributed by atoms with Crippen molar-refractivity contribution >= 4 is 21.7 Å². The van der Waals surface area contributed by atoms with Crippen LogP contribution in [0.15, 0.2) is 35.2 Å². The van der Waals surface area contributed by atoms with Crippen LogP contribution in [0.3, 0.4) is 0 Å². The fourth-order valence-corrected chi connectivity index (χ4v) is 3.13. The molecule has 1 aliphatic rings. The molecule has 1 fully saturated rings. The highest BCUT2D eigenvalue weighted by Gasteiger charge is 2.41. The second kappa shape index (κ2) is 3.71. The van der Waals surface area contributed by atoms with Crippen LogP contribution >= 0.6 is 0 Å². The molecule has 1 saturated heterocycles. The van der Waals surface area contributed by atoms with Crippen molar-refractivity contribution in [2.75, 3.05) is 0 Å². The number of nitrogens with one attached hydrogen (secondary N) is 1. The highest BCUT2D eigenvalue weighted by Crippen LogP contribution is 2.21. The molecule has 1 aliphatic heterocycles. The van der Waals surface area contributed by atoms with Gasteiger partial charge in [-0.15, -0.1) is 0 Å². The zero-order valence-corrected chi connectivity index (χ0v) is 9.03. The van der Waals surface area contributed by atoms with Crippen molar-refractivity contribution < 1.29 is 18.0 Å². The number of imide groups is 1. The second-order valence-corrected chi connectivity index (χ2v) is 5.59. The zero-order valence-electron chi connectivity index (χ0n) is 8.21. The van der Waals surface area contributed by atoms with Crippen molar-refractivity contribution in [1.82, 2.24) is 5.32 Å². The Morgan fingerprint density at radius 2 is 1.75 bits per heavy atom. The van der Waals surface area contributed by atoms with Gasteiger partial charge < -0.3 is 0 Å². The molecule has 0 aromatic heterocycles. The molecule has 16 heavy (non-hydrogen) atoms. The SMILES string of the molecule is O=C1CC(S(=O)(=O)c2ccccc2)C(=O)N1. The minimum Gasteiger partial charge on any atom is -0.295 e. The Balaban J connectivity index is 2.41. The number of amides is 2. The van der Waals surface area contributed by atoms with E-state index in [1.807, 2.05) is 5.32 Å². The van der Waals surface area contributed by atoms with Crippen molar-refractivity contribution in [1.29, 1.82) is 0 Å². The standard InChI is InChI=1S/C10H9NO4S/c12-9-6-8(10(13)11-9)16(14,15)7-4-2-1-3-5-7/h1-5,8H,6H2,(H,11,12,13). The first-order chi connectivity index (χ1) is 7.51. The summed E-state index contributed by atoms with van der Waals surface area (Å²) in [5.41, 5.74) is 0. The topological polar surface area (TPSA) is 80.3 Å². The molecule has 0 radical (unpaired) electrons. The molecular weight excluding hydrogens is 230 g/mol. The van der Waals surface area contributed by atoms with E-state index in [4.69, 9.17) is 0 Å². The van der Waals surface area contributed by atoms with E-state index in [-0.39, 0.29) is 11.3 Å². The van der Waals surface area contributed by atoms with Crippen molar-refractivity contribution in [3.8, 4) is 0 Å². The van der Waals surface area contributed by atoms with Gasteiger partial charge in [-0.05, 0) is 12.1 Å². The van der Waals surface area contributed by atoms with Crippen LogP contribution in [0, 0.1) is 0 Å². The molecule has 84 valence electrons. The Bertz CT molecular complexity index is 535. The number of carbonyl (C=O) groups is 2. The lowest BCUT2D eigenvalue weighted by atomic mass is 10.3. The largest absolute Gasteiger partial charge is 0.295 e. The van der Waals surface area contributed by atoms with Gasteiger partial charge in [0.1, 0.15) is 0 Å². The number of hydrogen-bond donors (Lipinski definition) is 1. The normalized spacial score (nSPS) is 20.9. The number of rotatable bonds is 2. The van der Waals surface area contributed by atoms with Gasteiger partial charge in [0, 0.05) is 0 Å². The first-order valence-electron chi connectivity index (χ1n) is 4.64. The summed E-state index contributed by atoms with van der Waals surface area (Å²) < 4.78 is 24.0. The predicted molar refractivity (Wildman–Crippen MR) is 55.2 cm³/mol. The molecule has 1 aromatic rings. The first kappa shape index (κ1) is 10.8. The van der Waals surface area contributed by atoms with Crippen LogP contribution in [-0.2, 0) is 19.4 Å². The molecule has 6 heteroatoms. The van der Waals surface area contributed by atoms with E-state index >= 15 is 0 Å². The van der Waals surface area contributed by atoms with Crippen LogP contribution in [-0.4, -0.2) is 25.5 Å². The van der Waals surface area contributed by atoms with Gasteiger partial charge in [0.05, 0.1) is 11.3 Å². The van der Waals surface area contributed by atoms with Gasteiger partial charge in [0.25, 0.3) is 0 Å². The number of hydrogen-bond acceptors (Lipinski definition) is 4. The Hall–Kier alpha value is -1.69. The molecule has 0 aliphatic carbocycles. The molecule has 2 rings (SSSR count). The number of carbonyl (C=O) groups excluding carboxylic acids is 2. The summed E-state index contributed by atoms with van der Waals surface area (Å²) in [7, 11) is -3.75. The molecule has 1 atom stereocenters. The fraction of sp³-hybridized carbons (Fsp3) is 0.200.